The van der Waals surface area contributed by atoms with Gasteiger partial charge in [-0.25, -0.2) is 5.26 Å². The Kier molecular flexibility index (Phi) is 8.01. The van der Waals surface area contributed by atoms with Crippen LogP contribution in [0.4, 0.5) is 0 Å². The van der Waals surface area contributed by atoms with Crippen LogP contribution in [0.5, 0.6) is 0 Å². The molecule has 0 heterocycles. The van der Waals surface area contributed by atoms with Crippen LogP contribution in [0.15, 0.2) is 36.4 Å². The van der Waals surface area contributed by atoms with Crippen LogP contribution in [0, 0.1) is 53.4 Å². The van der Waals surface area contributed by atoms with Gasteiger partial charge < -0.3 is 0 Å². The summed E-state index contributed by atoms with van der Waals surface area (Å²) in [6.45, 7) is 16.2. The first kappa shape index (κ1) is 17.9. The first-order valence-corrected chi connectivity index (χ1v) is 6.72. The highest BCUT2D eigenvalue weighted by Gasteiger charge is 1.88. The third-order valence-electron chi connectivity index (χ3n) is 2.73. The normalized spacial score (nSPS) is 8.80. The molecule has 20 heavy (non-hydrogen) atoms. The van der Waals surface area contributed by atoms with Gasteiger partial charge in [0.05, 0.1) is 0 Å². The molecule has 2 aromatic carbocycles. The van der Waals surface area contributed by atoms with Gasteiger partial charge in [0, 0.05) is 6.57 Å². The molecule has 0 spiro atoms. The fraction of sp³-hybridized carbons (Fsp3) is 0.316. The van der Waals surface area contributed by atoms with E-state index in [1.807, 2.05) is 0 Å². The van der Waals surface area contributed by atoms with Crippen molar-refractivity contribution in [1.82, 2.24) is 0 Å². The van der Waals surface area contributed by atoms with Gasteiger partial charge in [0.1, 0.15) is 0 Å². The molecule has 0 aliphatic rings. The van der Waals surface area contributed by atoms with Crippen LogP contribution in [0.25, 0.3) is 0 Å². The third kappa shape index (κ3) is 7.38. The second-order valence-electron chi connectivity index (χ2n) is 5.33. The van der Waals surface area contributed by atoms with Gasteiger partial charge in [-0.15, -0.1) is 0 Å². The highest BCUT2D eigenvalue weighted by atomic mass is 14.2. The number of benzene rings is 2. The molecule has 106 valence electrons. The molecule has 0 saturated carbocycles. The lowest BCUT2D eigenvalue weighted by Crippen LogP contribution is -1.78. The number of hydrogen-bond acceptors (Lipinski definition) is 1. The van der Waals surface area contributed by atoms with Crippen molar-refractivity contribution in [2.75, 3.05) is 0 Å². The summed E-state index contributed by atoms with van der Waals surface area (Å²) < 4.78 is 0. The van der Waals surface area contributed by atoms with Crippen molar-refractivity contribution in [2.24, 2.45) is 0 Å². The summed E-state index contributed by atoms with van der Waals surface area (Å²) in [4.78, 5) is 0. The van der Waals surface area contributed by atoms with Crippen LogP contribution in [-0.2, 0) is 0 Å². The standard InChI is InChI=1S/2C9H12.CHN/c2*1-7-4-8(2)6-9(3)5-7;1-2/h2*4-6H,1-3H3;1H. The molecule has 0 N–H and O–H groups in total. The van der Waals surface area contributed by atoms with E-state index in [0.29, 0.717) is 0 Å². The minimum atomic E-state index is 1.35. The minimum Gasteiger partial charge on any atom is -0.202 e. The van der Waals surface area contributed by atoms with Crippen molar-refractivity contribution in [3.05, 3.63) is 69.8 Å². The number of rotatable bonds is 0. The molecule has 0 amide bonds. The first-order chi connectivity index (χ1) is 9.36. The number of hydrogen-bond donors (Lipinski definition) is 0. The predicted octanol–water partition coefficient (Wildman–Crippen LogP) is 5.36. The lowest BCUT2D eigenvalue weighted by molar-refractivity contribution is 1.32. The van der Waals surface area contributed by atoms with Crippen molar-refractivity contribution in [2.45, 2.75) is 41.5 Å². The molecule has 0 aliphatic heterocycles. The molecule has 0 saturated heterocycles. The minimum absolute atomic E-state index is 1.35. The Morgan fingerprint density at radius 1 is 0.450 bits per heavy atom. The van der Waals surface area contributed by atoms with Gasteiger partial charge in [0.25, 0.3) is 0 Å². The quantitative estimate of drug-likeness (QED) is 0.630. The van der Waals surface area contributed by atoms with E-state index in [1.54, 1.807) is 0 Å². The molecule has 1 heteroatoms. The van der Waals surface area contributed by atoms with Crippen LogP contribution < -0.4 is 0 Å². The zero-order valence-corrected chi connectivity index (χ0v) is 13.5. The summed E-state index contributed by atoms with van der Waals surface area (Å²) in [5, 5.41) is 6.50. The molecule has 0 aromatic heterocycles. The van der Waals surface area contributed by atoms with Gasteiger partial charge in [0.15, 0.2) is 0 Å². The zero-order chi connectivity index (χ0) is 15.7. The van der Waals surface area contributed by atoms with Gasteiger partial charge in [0.2, 0.25) is 0 Å². The lowest BCUT2D eigenvalue weighted by Gasteiger charge is -1.96. The van der Waals surface area contributed by atoms with E-state index in [9.17, 15) is 0 Å². The van der Waals surface area contributed by atoms with Gasteiger partial charge in [-0.3, -0.25) is 0 Å². The molecule has 0 atom stereocenters. The number of aryl methyl sites for hydroxylation is 6. The maximum absolute atomic E-state index is 6.50. The van der Waals surface area contributed by atoms with E-state index in [0.717, 1.165) is 0 Å². The molecule has 2 rings (SSSR count). The predicted molar refractivity (Wildman–Crippen MR) is 88.0 cm³/mol. The fourth-order valence-electron chi connectivity index (χ4n) is 2.40. The van der Waals surface area contributed by atoms with E-state index in [-0.39, 0.29) is 0 Å². The van der Waals surface area contributed by atoms with Crippen LogP contribution in [0.2, 0.25) is 0 Å². The molecular formula is C19H25N. The van der Waals surface area contributed by atoms with Gasteiger partial charge in [-0.2, -0.15) is 0 Å². The van der Waals surface area contributed by atoms with Crippen LogP contribution in [0.1, 0.15) is 33.4 Å². The Hall–Kier alpha value is -2.07. The Balaban J connectivity index is 0.000000321. The van der Waals surface area contributed by atoms with Gasteiger partial charge >= 0.3 is 0 Å². The van der Waals surface area contributed by atoms with Crippen molar-refractivity contribution in [3.8, 4) is 6.57 Å². The monoisotopic (exact) mass is 267 g/mol. The van der Waals surface area contributed by atoms with Crippen LogP contribution in [0.3, 0.4) is 0 Å². The van der Waals surface area contributed by atoms with Gasteiger partial charge in [-0.1, -0.05) is 69.8 Å². The maximum Gasteiger partial charge on any atom is 0.0462 e. The summed E-state index contributed by atoms with van der Waals surface area (Å²) in [6.07, 6.45) is 0. The zero-order valence-electron chi connectivity index (χ0n) is 13.5. The number of nitriles is 1. The largest absolute Gasteiger partial charge is 0.202 e. The summed E-state index contributed by atoms with van der Waals surface area (Å²) >= 11 is 0. The Labute approximate surface area is 123 Å². The van der Waals surface area contributed by atoms with E-state index in [1.165, 1.54) is 33.4 Å². The molecule has 1 nitrogen and oxygen atoms in total. The summed E-state index contributed by atoms with van der Waals surface area (Å²) in [7, 11) is 0. The lowest BCUT2D eigenvalue weighted by atomic mass is 10.1. The molecule has 2 aromatic rings. The molecule has 0 aliphatic carbocycles. The van der Waals surface area contributed by atoms with Crippen molar-refractivity contribution in [1.29, 1.82) is 5.26 Å². The fourth-order valence-corrected chi connectivity index (χ4v) is 2.40. The molecule has 0 fully saturated rings. The summed E-state index contributed by atoms with van der Waals surface area (Å²) in [6, 6.07) is 13.1. The van der Waals surface area contributed by atoms with Gasteiger partial charge in [-0.05, 0) is 41.5 Å². The highest BCUT2D eigenvalue weighted by molar-refractivity contribution is 5.27. The van der Waals surface area contributed by atoms with E-state index < -0.39 is 0 Å². The van der Waals surface area contributed by atoms with Crippen LogP contribution in [-0.4, -0.2) is 0 Å². The topological polar surface area (TPSA) is 23.8 Å². The molecular weight excluding hydrogens is 242 g/mol. The highest BCUT2D eigenvalue weighted by Crippen LogP contribution is 2.07. The van der Waals surface area contributed by atoms with Crippen molar-refractivity contribution < 1.29 is 0 Å². The summed E-state index contributed by atoms with van der Waals surface area (Å²) in [5.74, 6) is 0. The molecule has 0 unspecified atom stereocenters. The SMILES string of the molecule is C#N.Cc1cc(C)cc(C)c1.Cc1cc(C)cc(C)c1. The van der Waals surface area contributed by atoms with Crippen LogP contribution >= 0.6 is 0 Å². The smallest absolute Gasteiger partial charge is 0.0462 e. The molecule has 0 bridgehead atoms. The van der Waals surface area contributed by atoms with E-state index >= 15 is 0 Å². The Bertz CT molecular complexity index is 415. The average Bonchev–Trinajstić information content (AvgIpc) is 2.28. The second-order valence-corrected chi connectivity index (χ2v) is 5.33. The Morgan fingerprint density at radius 3 is 0.650 bits per heavy atom. The van der Waals surface area contributed by atoms with Crippen molar-refractivity contribution >= 4 is 0 Å². The second kappa shape index (κ2) is 8.93. The Morgan fingerprint density at radius 2 is 0.550 bits per heavy atom. The van der Waals surface area contributed by atoms with E-state index in [4.69, 9.17) is 5.26 Å². The van der Waals surface area contributed by atoms with Crippen molar-refractivity contribution in [3.63, 3.8) is 0 Å². The molecule has 0 radical (unpaired) electrons. The average molecular weight is 267 g/mol. The third-order valence-corrected chi connectivity index (χ3v) is 2.73. The summed E-state index contributed by atoms with van der Waals surface area (Å²) in [5.41, 5.74) is 8.13. The maximum atomic E-state index is 6.50. The van der Waals surface area contributed by atoms with E-state index in [2.05, 4.69) is 84.5 Å². The number of nitrogens with zero attached hydrogens (tertiary/aromatic N) is 1. The first-order valence-electron chi connectivity index (χ1n) is 6.72.